The van der Waals surface area contributed by atoms with Crippen molar-refractivity contribution < 1.29 is 14.6 Å². The molecule has 1 aromatic heterocycles. The van der Waals surface area contributed by atoms with Gasteiger partial charge in [-0.15, -0.1) is 0 Å². The van der Waals surface area contributed by atoms with E-state index in [9.17, 15) is 9.90 Å². The maximum absolute atomic E-state index is 11.5. The molecule has 0 aliphatic heterocycles. The Labute approximate surface area is 149 Å². The highest BCUT2D eigenvalue weighted by atomic mass is 35.5. The van der Waals surface area contributed by atoms with E-state index in [0.29, 0.717) is 39.0 Å². The molecular weight excluding hydrogens is 342 g/mol. The van der Waals surface area contributed by atoms with Crippen molar-refractivity contribution in [3.8, 4) is 5.75 Å². The number of carbonyl (C=O) groups is 1. The first kappa shape index (κ1) is 17.0. The number of hydrogen-bond donors (Lipinski definition) is 2. The molecule has 0 spiro atoms. The molecule has 7 heteroatoms. The first-order valence-corrected chi connectivity index (χ1v) is 7.97. The van der Waals surface area contributed by atoms with E-state index in [1.165, 1.54) is 0 Å². The summed E-state index contributed by atoms with van der Waals surface area (Å²) < 4.78 is 5.20. The van der Waals surface area contributed by atoms with Crippen molar-refractivity contribution in [2.24, 2.45) is 0 Å². The molecule has 1 unspecified atom stereocenters. The largest absolute Gasteiger partial charge is 0.497 e. The number of aliphatic carboxylic acids is 1. The van der Waals surface area contributed by atoms with Gasteiger partial charge >= 0.3 is 5.97 Å². The lowest BCUT2D eigenvalue weighted by Crippen LogP contribution is -2.13. The van der Waals surface area contributed by atoms with Gasteiger partial charge in [-0.25, -0.2) is 9.97 Å². The number of rotatable bonds is 5. The fourth-order valence-electron chi connectivity index (χ4n) is 2.38. The number of methoxy groups -OCH3 is 1. The standard InChI is InChI=1S/C18H16ClN3O3/c1-10(18(23)24)16-17(21-14-6-4-3-5-13(14)20-16)22-15-9-11(25-2)7-8-12(15)19/h3-10H,1-2H3,(H,21,22)(H,23,24). The number of carboxylic acids is 1. The summed E-state index contributed by atoms with van der Waals surface area (Å²) in [6, 6.07) is 12.4. The zero-order valence-corrected chi connectivity index (χ0v) is 14.4. The molecule has 0 aliphatic carbocycles. The average Bonchev–Trinajstić information content (AvgIpc) is 2.62. The van der Waals surface area contributed by atoms with Crippen LogP contribution in [0.4, 0.5) is 11.5 Å². The Morgan fingerprint density at radius 3 is 2.52 bits per heavy atom. The van der Waals surface area contributed by atoms with Gasteiger partial charge in [-0.3, -0.25) is 4.79 Å². The third kappa shape index (κ3) is 3.49. The van der Waals surface area contributed by atoms with Crippen LogP contribution in [0.15, 0.2) is 42.5 Å². The van der Waals surface area contributed by atoms with Gasteiger partial charge in [0, 0.05) is 6.07 Å². The Morgan fingerprint density at radius 2 is 1.88 bits per heavy atom. The predicted octanol–water partition coefficient (Wildman–Crippen LogP) is 4.22. The zero-order valence-electron chi connectivity index (χ0n) is 13.7. The van der Waals surface area contributed by atoms with Crippen molar-refractivity contribution in [2.45, 2.75) is 12.8 Å². The second-order valence-corrected chi connectivity index (χ2v) is 5.88. The Bertz CT molecular complexity index is 946. The third-order valence-corrected chi connectivity index (χ3v) is 4.13. The van der Waals surface area contributed by atoms with Gasteiger partial charge in [0.2, 0.25) is 0 Å². The van der Waals surface area contributed by atoms with Crippen LogP contribution in [-0.4, -0.2) is 28.2 Å². The number of nitrogens with zero attached hydrogens (tertiary/aromatic N) is 2. The number of nitrogens with one attached hydrogen (secondary N) is 1. The second-order valence-electron chi connectivity index (χ2n) is 5.48. The molecule has 0 fully saturated rings. The Morgan fingerprint density at radius 1 is 1.20 bits per heavy atom. The smallest absolute Gasteiger partial charge is 0.312 e. The van der Waals surface area contributed by atoms with E-state index in [4.69, 9.17) is 16.3 Å². The summed E-state index contributed by atoms with van der Waals surface area (Å²) in [5, 5.41) is 13.0. The molecular formula is C18H16ClN3O3. The fourth-order valence-corrected chi connectivity index (χ4v) is 2.54. The third-order valence-electron chi connectivity index (χ3n) is 3.80. The van der Waals surface area contributed by atoms with Gasteiger partial charge in [-0.1, -0.05) is 23.7 Å². The summed E-state index contributed by atoms with van der Waals surface area (Å²) in [4.78, 5) is 20.5. The van der Waals surface area contributed by atoms with Gasteiger partial charge in [0.15, 0.2) is 5.82 Å². The van der Waals surface area contributed by atoms with Gasteiger partial charge in [-0.2, -0.15) is 0 Å². The van der Waals surface area contributed by atoms with Crippen LogP contribution in [-0.2, 0) is 4.79 Å². The summed E-state index contributed by atoms with van der Waals surface area (Å²) in [5.41, 5.74) is 2.19. The summed E-state index contributed by atoms with van der Waals surface area (Å²) in [6.45, 7) is 1.57. The van der Waals surface area contributed by atoms with E-state index in [1.54, 1.807) is 38.3 Å². The van der Waals surface area contributed by atoms with Gasteiger partial charge in [0.05, 0.1) is 40.5 Å². The zero-order chi connectivity index (χ0) is 18.0. The molecule has 0 bridgehead atoms. The minimum absolute atomic E-state index is 0.338. The number of fused-ring (bicyclic) bond motifs is 1. The van der Waals surface area contributed by atoms with Crippen molar-refractivity contribution >= 4 is 40.1 Å². The van der Waals surface area contributed by atoms with E-state index in [-0.39, 0.29) is 0 Å². The summed E-state index contributed by atoms with van der Waals surface area (Å²) in [5.74, 6) is -0.842. The van der Waals surface area contributed by atoms with Crippen LogP contribution in [0.2, 0.25) is 5.02 Å². The average molecular weight is 358 g/mol. The molecule has 0 saturated heterocycles. The van der Waals surface area contributed by atoms with Gasteiger partial charge in [0.25, 0.3) is 0 Å². The molecule has 6 nitrogen and oxygen atoms in total. The molecule has 25 heavy (non-hydrogen) atoms. The van der Waals surface area contributed by atoms with Crippen LogP contribution in [0.1, 0.15) is 18.5 Å². The minimum atomic E-state index is -0.982. The Kier molecular flexibility index (Phi) is 4.72. The summed E-state index contributed by atoms with van der Waals surface area (Å²) in [6.07, 6.45) is 0. The highest BCUT2D eigenvalue weighted by molar-refractivity contribution is 6.33. The van der Waals surface area contributed by atoms with E-state index in [0.717, 1.165) is 0 Å². The number of halogens is 1. The summed E-state index contributed by atoms with van der Waals surface area (Å²) in [7, 11) is 1.56. The normalized spacial score (nSPS) is 12.0. The SMILES string of the molecule is COc1ccc(Cl)c(Nc2nc3ccccc3nc2C(C)C(=O)O)c1. The number of ether oxygens (including phenoxy) is 1. The summed E-state index contributed by atoms with van der Waals surface area (Å²) >= 11 is 6.23. The topological polar surface area (TPSA) is 84.3 Å². The number of hydrogen-bond acceptors (Lipinski definition) is 5. The molecule has 3 aromatic rings. The highest BCUT2D eigenvalue weighted by Gasteiger charge is 2.22. The van der Waals surface area contributed by atoms with Crippen LogP contribution in [0, 0.1) is 0 Å². The minimum Gasteiger partial charge on any atom is -0.497 e. The number of aromatic nitrogens is 2. The quantitative estimate of drug-likeness (QED) is 0.711. The predicted molar refractivity (Wildman–Crippen MR) is 96.9 cm³/mol. The number of para-hydroxylation sites is 2. The van der Waals surface area contributed by atoms with Crippen LogP contribution >= 0.6 is 11.6 Å². The van der Waals surface area contributed by atoms with E-state index in [1.807, 2.05) is 18.2 Å². The van der Waals surface area contributed by atoms with Crippen molar-refractivity contribution in [3.63, 3.8) is 0 Å². The van der Waals surface area contributed by atoms with E-state index in [2.05, 4.69) is 15.3 Å². The molecule has 0 radical (unpaired) electrons. The van der Waals surface area contributed by atoms with Crippen molar-refractivity contribution in [2.75, 3.05) is 12.4 Å². The highest BCUT2D eigenvalue weighted by Crippen LogP contribution is 2.32. The van der Waals surface area contributed by atoms with Crippen LogP contribution in [0.25, 0.3) is 11.0 Å². The molecule has 2 N–H and O–H groups in total. The molecule has 3 rings (SSSR count). The molecule has 0 aliphatic rings. The van der Waals surface area contributed by atoms with Gasteiger partial charge in [0.1, 0.15) is 5.75 Å². The lowest BCUT2D eigenvalue weighted by Gasteiger charge is -2.15. The number of benzene rings is 2. The molecule has 0 saturated carbocycles. The number of carboxylic acid groups (broad SMARTS) is 1. The van der Waals surface area contributed by atoms with Gasteiger partial charge < -0.3 is 15.2 Å². The molecule has 1 atom stereocenters. The Hall–Kier alpha value is -2.86. The maximum Gasteiger partial charge on any atom is 0.312 e. The maximum atomic E-state index is 11.5. The second kappa shape index (κ2) is 6.94. The molecule has 1 heterocycles. The monoisotopic (exact) mass is 357 g/mol. The van der Waals surface area contributed by atoms with Crippen LogP contribution in [0.5, 0.6) is 5.75 Å². The van der Waals surface area contributed by atoms with E-state index >= 15 is 0 Å². The molecule has 2 aromatic carbocycles. The van der Waals surface area contributed by atoms with Crippen molar-refractivity contribution in [1.82, 2.24) is 9.97 Å². The van der Waals surface area contributed by atoms with Crippen molar-refractivity contribution in [1.29, 1.82) is 0 Å². The molecule has 0 amide bonds. The fraction of sp³-hybridized carbons (Fsp3) is 0.167. The lowest BCUT2D eigenvalue weighted by molar-refractivity contribution is -0.138. The first-order chi connectivity index (χ1) is 12.0. The van der Waals surface area contributed by atoms with Crippen molar-refractivity contribution in [3.05, 3.63) is 53.2 Å². The molecule has 128 valence electrons. The van der Waals surface area contributed by atoms with Crippen LogP contribution < -0.4 is 10.1 Å². The van der Waals surface area contributed by atoms with E-state index < -0.39 is 11.9 Å². The first-order valence-electron chi connectivity index (χ1n) is 7.59. The van der Waals surface area contributed by atoms with Gasteiger partial charge in [-0.05, 0) is 31.2 Å². The number of anilines is 2. The lowest BCUT2D eigenvalue weighted by atomic mass is 10.1. The van der Waals surface area contributed by atoms with Crippen LogP contribution in [0.3, 0.4) is 0 Å². The Balaban J connectivity index is 2.13.